The predicted octanol–water partition coefficient (Wildman–Crippen LogP) is 2.32. The van der Waals surface area contributed by atoms with Crippen molar-refractivity contribution in [1.82, 2.24) is 5.32 Å². The van der Waals surface area contributed by atoms with Gasteiger partial charge in [-0.25, -0.2) is 0 Å². The second-order valence-corrected chi connectivity index (χ2v) is 5.24. The summed E-state index contributed by atoms with van der Waals surface area (Å²) in [4.78, 5) is 21.9. The second kappa shape index (κ2) is 7.94. The number of nitro groups is 1. The maximum atomic E-state index is 11.3. The fourth-order valence-electron chi connectivity index (χ4n) is 1.73. The third kappa shape index (κ3) is 4.98. The summed E-state index contributed by atoms with van der Waals surface area (Å²) < 4.78 is 5.85. The molecule has 0 saturated heterocycles. The number of benzene rings is 1. The van der Waals surface area contributed by atoms with Crippen molar-refractivity contribution in [2.45, 2.75) is 26.4 Å². The molecule has 7 nitrogen and oxygen atoms in total. The maximum absolute atomic E-state index is 11.3. The number of rotatable bonds is 7. The van der Waals surface area contributed by atoms with Gasteiger partial charge in [-0.15, -0.1) is 0 Å². The first-order chi connectivity index (χ1) is 9.86. The van der Waals surface area contributed by atoms with Crippen LogP contribution in [0, 0.1) is 10.1 Å². The Morgan fingerprint density at radius 2 is 2.24 bits per heavy atom. The first-order valence-electron chi connectivity index (χ1n) is 6.42. The summed E-state index contributed by atoms with van der Waals surface area (Å²) in [5.41, 5.74) is 0.0446. The van der Waals surface area contributed by atoms with Gasteiger partial charge >= 0.3 is 5.69 Å². The summed E-state index contributed by atoms with van der Waals surface area (Å²) in [6, 6.07) is 2.85. The lowest BCUT2D eigenvalue weighted by Crippen LogP contribution is -2.24. The molecule has 0 aliphatic carbocycles. The van der Waals surface area contributed by atoms with Crippen LogP contribution in [0.25, 0.3) is 0 Å². The molecular formula is C13H17BrN2O5. The lowest BCUT2D eigenvalue weighted by atomic mass is 10.1. The molecule has 116 valence electrons. The molecule has 1 atom stereocenters. The van der Waals surface area contributed by atoms with Crippen molar-refractivity contribution < 1.29 is 19.6 Å². The number of amides is 1. The largest absolute Gasteiger partial charge is 0.486 e. The summed E-state index contributed by atoms with van der Waals surface area (Å²) in [5.74, 6) is -0.210. The van der Waals surface area contributed by atoms with Crippen molar-refractivity contribution in [3.63, 3.8) is 0 Å². The lowest BCUT2D eigenvalue weighted by Gasteiger charge is -2.14. The van der Waals surface area contributed by atoms with Gasteiger partial charge in [0.2, 0.25) is 11.7 Å². The van der Waals surface area contributed by atoms with Gasteiger partial charge in [0.1, 0.15) is 0 Å². The van der Waals surface area contributed by atoms with Gasteiger partial charge in [-0.2, -0.15) is 0 Å². The Morgan fingerprint density at radius 1 is 1.57 bits per heavy atom. The van der Waals surface area contributed by atoms with Crippen LogP contribution in [0.5, 0.6) is 5.75 Å². The van der Waals surface area contributed by atoms with E-state index in [1.807, 2.05) is 0 Å². The predicted molar refractivity (Wildman–Crippen MR) is 80.2 cm³/mol. The number of ether oxygens (including phenoxy) is 1. The number of aliphatic hydroxyl groups excluding tert-OH is 1. The van der Waals surface area contributed by atoms with E-state index in [-0.39, 0.29) is 30.4 Å². The molecule has 1 aromatic rings. The van der Waals surface area contributed by atoms with Gasteiger partial charge in [0.05, 0.1) is 24.1 Å². The minimum absolute atomic E-state index is 0.00593. The molecule has 0 aliphatic heterocycles. The van der Waals surface area contributed by atoms with Crippen LogP contribution >= 0.6 is 15.9 Å². The molecule has 1 aromatic carbocycles. The molecule has 21 heavy (non-hydrogen) atoms. The van der Waals surface area contributed by atoms with Crippen LogP contribution in [-0.2, 0) is 4.79 Å². The Kier molecular flexibility index (Phi) is 6.57. The summed E-state index contributed by atoms with van der Waals surface area (Å²) in [6.45, 7) is 3.79. The molecule has 0 heterocycles. The summed E-state index contributed by atoms with van der Waals surface area (Å²) in [6.07, 6.45) is -0.846. The van der Waals surface area contributed by atoms with Gasteiger partial charge in [-0.05, 0) is 19.9 Å². The van der Waals surface area contributed by atoms with Crippen molar-refractivity contribution >= 4 is 27.5 Å². The van der Waals surface area contributed by atoms with Crippen LogP contribution in [0.2, 0.25) is 0 Å². The molecule has 8 heteroatoms. The monoisotopic (exact) mass is 360 g/mol. The van der Waals surface area contributed by atoms with E-state index in [1.165, 1.54) is 13.0 Å². The van der Waals surface area contributed by atoms with Gasteiger partial charge < -0.3 is 15.2 Å². The number of aliphatic hydroxyl groups is 1. The number of carbonyl (C=O) groups is 1. The number of nitrogens with zero attached hydrogens (tertiary/aromatic N) is 1. The molecule has 1 amide bonds. The Balaban J connectivity index is 2.97. The Labute approximate surface area is 130 Å². The van der Waals surface area contributed by atoms with E-state index in [2.05, 4.69) is 21.2 Å². The van der Waals surface area contributed by atoms with Crippen LogP contribution in [0.1, 0.15) is 31.9 Å². The molecule has 0 unspecified atom stereocenters. The van der Waals surface area contributed by atoms with Crippen molar-refractivity contribution in [2.24, 2.45) is 0 Å². The zero-order valence-corrected chi connectivity index (χ0v) is 13.3. The van der Waals surface area contributed by atoms with E-state index in [1.54, 1.807) is 13.0 Å². The van der Waals surface area contributed by atoms with E-state index in [4.69, 9.17) is 4.74 Å². The van der Waals surface area contributed by atoms with E-state index < -0.39 is 11.0 Å². The van der Waals surface area contributed by atoms with Crippen molar-refractivity contribution in [3.05, 3.63) is 32.3 Å². The van der Waals surface area contributed by atoms with Gasteiger partial charge in [-0.3, -0.25) is 14.9 Å². The summed E-state index contributed by atoms with van der Waals surface area (Å²) >= 11 is 3.16. The highest BCUT2D eigenvalue weighted by Crippen LogP contribution is 2.37. The number of hydrogen-bond donors (Lipinski definition) is 2. The van der Waals surface area contributed by atoms with Crippen LogP contribution in [0.15, 0.2) is 16.6 Å². The average molecular weight is 361 g/mol. The molecule has 2 N–H and O–H groups in total. The highest BCUT2D eigenvalue weighted by Gasteiger charge is 2.23. The number of halogens is 1. The number of hydrogen-bond acceptors (Lipinski definition) is 5. The number of nitrogens with one attached hydrogen (secondary N) is 1. The molecule has 0 radical (unpaired) electrons. The van der Waals surface area contributed by atoms with Gasteiger partial charge in [0, 0.05) is 22.6 Å². The molecule has 1 rings (SSSR count). The van der Waals surface area contributed by atoms with E-state index in [9.17, 15) is 20.0 Å². The summed E-state index contributed by atoms with van der Waals surface area (Å²) in [7, 11) is 0. The Bertz CT molecular complexity index is 534. The third-order valence-corrected chi connectivity index (χ3v) is 3.12. The Hall–Kier alpha value is -1.67. The van der Waals surface area contributed by atoms with Crippen molar-refractivity contribution in [1.29, 1.82) is 0 Å². The first-order valence-corrected chi connectivity index (χ1v) is 7.21. The Morgan fingerprint density at radius 3 is 2.76 bits per heavy atom. The first kappa shape index (κ1) is 17.4. The number of nitro benzene ring substituents is 1. The van der Waals surface area contributed by atoms with Gasteiger partial charge in [0.15, 0.2) is 0 Å². The highest BCUT2D eigenvalue weighted by molar-refractivity contribution is 9.10. The number of carbonyl (C=O) groups excluding carboxylic acids is 1. The second-order valence-electron chi connectivity index (χ2n) is 4.33. The lowest BCUT2D eigenvalue weighted by molar-refractivity contribution is -0.386. The van der Waals surface area contributed by atoms with Crippen LogP contribution in [0.4, 0.5) is 5.69 Å². The van der Waals surface area contributed by atoms with E-state index >= 15 is 0 Å². The normalized spacial score (nSPS) is 11.8. The molecule has 0 aromatic heterocycles. The zero-order valence-electron chi connectivity index (χ0n) is 11.8. The molecule has 0 fully saturated rings. The molecular weight excluding hydrogens is 344 g/mol. The quantitative estimate of drug-likeness (QED) is 0.573. The average Bonchev–Trinajstić information content (AvgIpc) is 2.39. The van der Waals surface area contributed by atoms with E-state index in [0.29, 0.717) is 16.6 Å². The van der Waals surface area contributed by atoms with Gasteiger partial charge in [0.25, 0.3) is 0 Å². The maximum Gasteiger partial charge on any atom is 0.312 e. The zero-order chi connectivity index (χ0) is 16.0. The molecule has 0 spiro atoms. The molecule has 0 saturated carbocycles. The van der Waals surface area contributed by atoms with Crippen LogP contribution < -0.4 is 10.1 Å². The highest BCUT2D eigenvalue weighted by atomic mass is 79.9. The van der Waals surface area contributed by atoms with Gasteiger partial charge in [-0.1, -0.05) is 15.9 Å². The smallest absolute Gasteiger partial charge is 0.312 e. The minimum Gasteiger partial charge on any atom is -0.486 e. The molecule has 0 bridgehead atoms. The SMILES string of the molecule is CCNC(=O)CCOc1c([C@@H](C)O)cc(Br)cc1[N+](=O)[O-]. The minimum atomic E-state index is -0.930. The fraction of sp³-hybridized carbons (Fsp3) is 0.462. The van der Waals surface area contributed by atoms with Crippen LogP contribution in [-0.4, -0.2) is 29.1 Å². The van der Waals surface area contributed by atoms with Crippen LogP contribution in [0.3, 0.4) is 0 Å². The fourth-order valence-corrected chi connectivity index (χ4v) is 2.20. The summed E-state index contributed by atoms with van der Waals surface area (Å²) in [5, 5.41) is 23.4. The van der Waals surface area contributed by atoms with E-state index in [0.717, 1.165) is 0 Å². The van der Waals surface area contributed by atoms with Crippen molar-refractivity contribution in [2.75, 3.05) is 13.2 Å². The van der Waals surface area contributed by atoms with Crippen molar-refractivity contribution in [3.8, 4) is 5.75 Å². The molecule has 0 aliphatic rings. The third-order valence-electron chi connectivity index (χ3n) is 2.66. The standard InChI is InChI=1S/C13H17BrN2O5/c1-3-15-12(18)4-5-21-13-10(8(2)17)6-9(14)7-11(13)16(19)20/h6-8,17H,3-5H2,1-2H3,(H,15,18)/t8-/m1/s1. The topological polar surface area (TPSA) is 102 Å².